The van der Waals surface area contributed by atoms with Crippen LogP contribution in [0.5, 0.6) is 0 Å². The first-order valence-corrected chi connectivity index (χ1v) is 4.26. The summed E-state index contributed by atoms with van der Waals surface area (Å²) < 4.78 is 0. The van der Waals surface area contributed by atoms with Gasteiger partial charge in [0.2, 0.25) is 0 Å². The molecule has 7 nitrogen and oxygen atoms in total. The molecule has 1 aromatic carbocycles. The molecule has 0 aliphatic rings. The lowest BCUT2D eigenvalue weighted by Crippen LogP contribution is -2.27. The maximum atomic E-state index is 10.4. The Morgan fingerprint density at radius 3 is 2.12 bits per heavy atom. The normalized spacial score (nSPS) is 14.1. The molecule has 0 unspecified atom stereocenters. The second kappa shape index (κ2) is 4.69. The molecule has 0 aromatic heterocycles. The SMILES string of the molecule is O=C(O)[C@@H](O)[C@H](O)c1ccc([N+](=O)[O-])cc1. The van der Waals surface area contributed by atoms with Crippen LogP contribution in [0.15, 0.2) is 24.3 Å². The van der Waals surface area contributed by atoms with Crippen LogP contribution in [-0.2, 0) is 4.79 Å². The van der Waals surface area contributed by atoms with Crippen molar-refractivity contribution >= 4 is 11.7 Å². The molecule has 7 heteroatoms. The maximum Gasteiger partial charge on any atom is 0.335 e. The predicted molar refractivity (Wildman–Crippen MR) is 51.7 cm³/mol. The van der Waals surface area contributed by atoms with Gasteiger partial charge in [0.15, 0.2) is 6.10 Å². The Morgan fingerprint density at radius 1 is 1.25 bits per heavy atom. The number of nitrogens with zero attached hydrogens (tertiary/aromatic N) is 1. The molecule has 0 radical (unpaired) electrons. The highest BCUT2D eigenvalue weighted by molar-refractivity contribution is 5.73. The number of carboxylic acids is 1. The summed E-state index contributed by atoms with van der Waals surface area (Å²) in [5, 5.41) is 37.2. The molecule has 86 valence electrons. The van der Waals surface area contributed by atoms with Crippen molar-refractivity contribution in [2.45, 2.75) is 12.2 Å². The van der Waals surface area contributed by atoms with Crippen molar-refractivity contribution in [3.8, 4) is 0 Å². The van der Waals surface area contributed by atoms with Crippen LogP contribution in [0.2, 0.25) is 0 Å². The van der Waals surface area contributed by atoms with Gasteiger partial charge in [-0.05, 0) is 17.7 Å². The van der Waals surface area contributed by atoms with Gasteiger partial charge in [-0.15, -0.1) is 0 Å². The average Bonchev–Trinajstić information content (AvgIpc) is 2.27. The summed E-state index contributed by atoms with van der Waals surface area (Å²) in [6.07, 6.45) is -3.57. The molecule has 16 heavy (non-hydrogen) atoms. The topological polar surface area (TPSA) is 121 Å². The van der Waals surface area contributed by atoms with Crippen LogP contribution in [0.3, 0.4) is 0 Å². The third-order valence-corrected chi connectivity index (χ3v) is 2.00. The van der Waals surface area contributed by atoms with Crippen molar-refractivity contribution in [2.75, 3.05) is 0 Å². The zero-order valence-corrected chi connectivity index (χ0v) is 7.98. The number of rotatable bonds is 4. The number of aliphatic carboxylic acids is 1. The number of hydrogen-bond donors (Lipinski definition) is 3. The van der Waals surface area contributed by atoms with E-state index in [-0.39, 0.29) is 11.3 Å². The predicted octanol–water partition coefficient (Wildman–Crippen LogP) is 0.0737. The number of carbonyl (C=O) groups is 1. The van der Waals surface area contributed by atoms with Crippen molar-refractivity contribution in [1.29, 1.82) is 0 Å². The molecule has 0 saturated heterocycles. The number of hydrogen-bond acceptors (Lipinski definition) is 5. The average molecular weight is 227 g/mol. The van der Waals surface area contributed by atoms with Crippen LogP contribution in [0.4, 0.5) is 5.69 Å². The Balaban J connectivity index is 2.89. The molecule has 0 heterocycles. The Morgan fingerprint density at radius 2 is 1.75 bits per heavy atom. The maximum absolute atomic E-state index is 10.4. The minimum Gasteiger partial charge on any atom is -0.479 e. The fraction of sp³-hybridized carbons (Fsp3) is 0.222. The third-order valence-electron chi connectivity index (χ3n) is 2.00. The molecule has 3 N–H and O–H groups in total. The van der Waals surface area contributed by atoms with Crippen molar-refractivity contribution in [3.05, 3.63) is 39.9 Å². The number of benzene rings is 1. The Bertz CT molecular complexity index is 401. The summed E-state index contributed by atoms with van der Waals surface area (Å²) in [6, 6.07) is 4.62. The first kappa shape index (κ1) is 12.1. The van der Waals surface area contributed by atoms with Crippen LogP contribution in [-0.4, -0.2) is 32.3 Å². The molecule has 0 bridgehead atoms. The molecule has 0 spiro atoms. The summed E-state index contributed by atoms with van der Waals surface area (Å²) in [4.78, 5) is 20.1. The van der Waals surface area contributed by atoms with E-state index in [4.69, 9.17) is 10.2 Å². The van der Waals surface area contributed by atoms with Crippen LogP contribution in [0.25, 0.3) is 0 Å². The van der Waals surface area contributed by atoms with Crippen molar-refractivity contribution in [1.82, 2.24) is 0 Å². The molecule has 0 amide bonds. The Labute approximate surface area is 89.7 Å². The second-order valence-electron chi connectivity index (χ2n) is 3.08. The van der Waals surface area contributed by atoms with Crippen LogP contribution in [0, 0.1) is 10.1 Å². The van der Waals surface area contributed by atoms with E-state index >= 15 is 0 Å². The highest BCUT2D eigenvalue weighted by Gasteiger charge is 2.25. The number of aliphatic hydroxyl groups is 2. The fourth-order valence-electron chi connectivity index (χ4n) is 1.11. The minimum atomic E-state index is -1.96. The molecule has 0 aliphatic carbocycles. The van der Waals surface area contributed by atoms with Gasteiger partial charge in [-0.25, -0.2) is 4.79 Å². The van der Waals surface area contributed by atoms with Gasteiger partial charge in [0.1, 0.15) is 6.10 Å². The summed E-state index contributed by atoms with van der Waals surface area (Å²) in [7, 11) is 0. The zero-order valence-electron chi connectivity index (χ0n) is 7.98. The van der Waals surface area contributed by atoms with E-state index in [0.29, 0.717) is 0 Å². The van der Waals surface area contributed by atoms with Gasteiger partial charge in [-0.3, -0.25) is 10.1 Å². The summed E-state index contributed by atoms with van der Waals surface area (Å²) in [5.41, 5.74) is -0.0822. The first-order chi connectivity index (χ1) is 7.43. The van der Waals surface area contributed by atoms with Gasteiger partial charge < -0.3 is 15.3 Å². The van der Waals surface area contributed by atoms with Crippen LogP contribution in [0.1, 0.15) is 11.7 Å². The van der Waals surface area contributed by atoms with E-state index in [2.05, 4.69) is 0 Å². The van der Waals surface area contributed by atoms with E-state index in [9.17, 15) is 20.0 Å². The second-order valence-corrected chi connectivity index (χ2v) is 3.08. The molecule has 0 saturated carbocycles. The van der Waals surface area contributed by atoms with E-state index in [1.165, 1.54) is 12.1 Å². The van der Waals surface area contributed by atoms with Gasteiger partial charge in [-0.2, -0.15) is 0 Å². The first-order valence-electron chi connectivity index (χ1n) is 4.26. The number of nitro groups is 1. The number of carboxylic acid groups (broad SMARTS) is 1. The summed E-state index contributed by atoms with van der Waals surface area (Å²) in [6.45, 7) is 0. The highest BCUT2D eigenvalue weighted by atomic mass is 16.6. The van der Waals surface area contributed by atoms with Gasteiger partial charge in [0, 0.05) is 12.1 Å². The minimum absolute atomic E-state index is 0.0977. The van der Waals surface area contributed by atoms with Gasteiger partial charge >= 0.3 is 5.97 Å². The monoisotopic (exact) mass is 227 g/mol. The lowest BCUT2D eigenvalue weighted by molar-refractivity contribution is -0.384. The number of aliphatic hydroxyl groups excluding tert-OH is 2. The van der Waals surface area contributed by atoms with Gasteiger partial charge in [-0.1, -0.05) is 0 Å². The molecule has 1 aromatic rings. The molecule has 1 rings (SSSR count). The highest BCUT2D eigenvalue weighted by Crippen LogP contribution is 2.20. The van der Waals surface area contributed by atoms with Crippen LogP contribution >= 0.6 is 0 Å². The van der Waals surface area contributed by atoms with E-state index in [1.54, 1.807) is 0 Å². The van der Waals surface area contributed by atoms with Crippen molar-refractivity contribution in [3.63, 3.8) is 0 Å². The Kier molecular flexibility index (Phi) is 3.54. The van der Waals surface area contributed by atoms with Gasteiger partial charge in [0.25, 0.3) is 5.69 Å². The zero-order chi connectivity index (χ0) is 12.3. The lowest BCUT2D eigenvalue weighted by atomic mass is 10.0. The quantitative estimate of drug-likeness (QED) is 0.494. The lowest BCUT2D eigenvalue weighted by Gasteiger charge is -2.13. The molecular formula is C9H9NO6. The number of non-ortho nitro benzene ring substituents is 1. The van der Waals surface area contributed by atoms with E-state index in [1.807, 2.05) is 0 Å². The smallest absolute Gasteiger partial charge is 0.335 e. The van der Waals surface area contributed by atoms with Crippen LogP contribution < -0.4 is 0 Å². The standard InChI is InChI=1S/C9H9NO6/c11-7(8(12)9(13)14)5-1-3-6(4-2-5)10(15)16/h1-4,7-8,11-12H,(H,13,14)/t7-,8+/m1/s1. The Hall–Kier alpha value is -1.99. The summed E-state index contributed by atoms with van der Waals surface area (Å²) >= 11 is 0. The number of nitro benzene ring substituents is 1. The van der Waals surface area contributed by atoms with E-state index < -0.39 is 23.1 Å². The molecular weight excluding hydrogens is 218 g/mol. The largest absolute Gasteiger partial charge is 0.479 e. The van der Waals surface area contributed by atoms with Crippen molar-refractivity contribution in [2.24, 2.45) is 0 Å². The molecule has 0 fully saturated rings. The van der Waals surface area contributed by atoms with E-state index in [0.717, 1.165) is 12.1 Å². The van der Waals surface area contributed by atoms with Gasteiger partial charge in [0.05, 0.1) is 4.92 Å². The molecule has 2 atom stereocenters. The third kappa shape index (κ3) is 2.53. The summed E-state index contributed by atoms with van der Waals surface area (Å²) in [5.74, 6) is -1.56. The van der Waals surface area contributed by atoms with Crippen molar-refractivity contribution < 1.29 is 25.0 Å². The fourth-order valence-corrected chi connectivity index (χ4v) is 1.11. The molecule has 0 aliphatic heterocycles.